The van der Waals surface area contributed by atoms with Crippen LogP contribution in [0, 0.1) is 6.92 Å². The molecular weight excluding hydrogens is 360 g/mol. The minimum Gasteiger partial charge on any atom is -0.330 e. The molecule has 0 saturated heterocycles. The van der Waals surface area contributed by atoms with Crippen molar-refractivity contribution in [2.45, 2.75) is 19.9 Å². The maximum Gasteiger partial charge on any atom is 0.319 e. The molecular formula is C24H22N4O. The van der Waals surface area contributed by atoms with Crippen LogP contribution in [-0.2, 0) is 0 Å². The molecule has 2 heterocycles. The van der Waals surface area contributed by atoms with Gasteiger partial charge in [-0.25, -0.2) is 4.79 Å². The van der Waals surface area contributed by atoms with E-state index in [2.05, 4.69) is 20.6 Å². The first kappa shape index (κ1) is 18.6. The van der Waals surface area contributed by atoms with Gasteiger partial charge in [-0.1, -0.05) is 36.4 Å². The molecule has 29 heavy (non-hydrogen) atoms. The third kappa shape index (κ3) is 4.41. The Balaban J connectivity index is 1.41. The van der Waals surface area contributed by atoms with Crippen LogP contribution in [0.15, 0.2) is 79.0 Å². The van der Waals surface area contributed by atoms with E-state index in [1.807, 2.05) is 86.6 Å². The fraction of sp³-hybridized carbons (Fsp3) is 0.125. The third-order valence-electron chi connectivity index (χ3n) is 4.78. The molecule has 4 rings (SSSR count). The van der Waals surface area contributed by atoms with Crippen molar-refractivity contribution < 1.29 is 4.79 Å². The van der Waals surface area contributed by atoms with E-state index in [1.165, 1.54) is 0 Å². The van der Waals surface area contributed by atoms with Gasteiger partial charge in [0, 0.05) is 23.0 Å². The number of fused-ring (bicyclic) bond motifs is 1. The van der Waals surface area contributed by atoms with E-state index in [1.54, 1.807) is 6.20 Å². The first-order chi connectivity index (χ1) is 14.1. The van der Waals surface area contributed by atoms with Crippen LogP contribution < -0.4 is 10.6 Å². The van der Waals surface area contributed by atoms with Crippen molar-refractivity contribution in [3.63, 3.8) is 0 Å². The topological polar surface area (TPSA) is 66.9 Å². The van der Waals surface area contributed by atoms with E-state index in [4.69, 9.17) is 0 Å². The Labute approximate surface area is 169 Å². The zero-order valence-electron chi connectivity index (χ0n) is 16.4. The number of benzene rings is 2. The number of hydrogen-bond donors (Lipinski definition) is 2. The summed E-state index contributed by atoms with van der Waals surface area (Å²) in [4.78, 5) is 21.3. The van der Waals surface area contributed by atoms with Crippen LogP contribution >= 0.6 is 0 Å². The lowest BCUT2D eigenvalue weighted by Gasteiger charge is -2.15. The highest BCUT2D eigenvalue weighted by Crippen LogP contribution is 2.22. The standard InChI is InChI=1S/C24H22N4O/c1-16-15-20(13-14-25-16)18-7-10-21(11-8-18)27-24(29)26-17(2)22-12-9-19-5-3-4-6-23(19)28-22/h3-15,17H,1-2H3,(H2,26,27,29)/t17-/m0/s1. The molecule has 0 aliphatic rings. The van der Waals surface area contributed by atoms with Gasteiger partial charge >= 0.3 is 6.03 Å². The van der Waals surface area contributed by atoms with Crippen molar-refractivity contribution in [1.82, 2.24) is 15.3 Å². The van der Waals surface area contributed by atoms with Crippen molar-refractivity contribution >= 4 is 22.6 Å². The molecule has 5 heteroatoms. The summed E-state index contributed by atoms with van der Waals surface area (Å²) < 4.78 is 0. The summed E-state index contributed by atoms with van der Waals surface area (Å²) in [7, 11) is 0. The highest BCUT2D eigenvalue weighted by molar-refractivity contribution is 5.90. The smallest absolute Gasteiger partial charge is 0.319 e. The molecule has 0 fully saturated rings. The minimum absolute atomic E-state index is 0.210. The van der Waals surface area contributed by atoms with Gasteiger partial charge in [0.25, 0.3) is 0 Å². The van der Waals surface area contributed by atoms with E-state index >= 15 is 0 Å². The highest BCUT2D eigenvalue weighted by Gasteiger charge is 2.11. The number of amides is 2. The number of nitrogens with zero attached hydrogens (tertiary/aromatic N) is 2. The van der Waals surface area contributed by atoms with Gasteiger partial charge in [-0.05, 0) is 61.4 Å². The van der Waals surface area contributed by atoms with Crippen LogP contribution in [0.1, 0.15) is 24.4 Å². The van der Waals surface area contributed by atoms with Crippen LogP contribution in [0.3, 0.4) is 0 Å². The fourth-order valence-corrected chi connectivity index (χ4v) is 3.23. The number of nitrogens with one attached hydrogen (secondary N) is 2. The average molecular weight is 382 g/mol. The monoisotopic (exact) mass is 382 g/mol. The molecule has 2 aromatic carbocycles. The van der Waals surface area contributed by atoms with Crippen molar-refractivity contribution in [3.05, 3.63) is 90.4 Å². The molecule has 144 valence electrons. The van der Waals surface area contributed by atoms with Crippen LogP contribution in [-0.4, -0.2) is 16.0 Å². The largest absolute Gasteiger partial charge is 0.330 e. The first-order valence-corrected chi connectivity index (χ1v) is 9.55. The second-order valence-electron chi connectivity index (χ2n) is 7.01. The lowest BCUT2D eigenvalue weighted by atomic mass is 10.1. The number of carbonyl (C=O) groups excluding carboxylic acids is 1. The lowest BCUT2D eigenvalue weighted by Crippen LogP contribution is -2.31. The Hall–Kier alpha value is -3.73. The second kappa shape index (κ2) is 8.10. The van der Waals surface area contributed by atoms with Gasteiger partial charge in [0.15, 0.2) is 0 Å². The minimum atomic E-state index is -0.264. The van der Waals surface area contributed by atoms with Crippen molar-refractivity contribution in [1.29, 1.82) is 0 Å². The molecule has 0 radical (unpaired) electrons. The molecule has 0 aliphatic heterocycles. The van der Waals surface area contributed by atoms with E-state index in [0.717, 1.165) is 39.1 Å². The molecule has 2 N–H and O–H groups in total. The zero-order valence-corrected chi connectivity index (χ0v) is 16.4. The number of pyridine rings is 2. The normalized spacial score (nSPS) is 11.8. The van der Waals surface area contributed by atoms with Gasteiger partial charge in [0.2, 0.25) is 0 Å². The molecule has 0 unspecified atom stereocenters. The summed E-state index contributed by atoms with van der Waals surface area (Å²) in [5.41, 5.74) is 5.62. The van der Waals surface area contributed by atoms with E-state index in [0.29, 0.717) is 0 Å². The Morgan fingerprint density at radius 3 is 2.52 bits per heavy atom. The van der Waals surface area contributed by atoms with Crippen molar-refractivity contribution in [3.8, 4) is 11.1 Å². The lowest BCUT2D eigenvalue weighted by molar-refractivity contribution is 0.249. The molecule has 1 atom stereocenters. The number of hydrogen-bond acceptors (Lipinski definition) is 3. The summed E-state index contributed by atoms with van der Waals surface area (Å²) in [6.45, 7) is 3.89. The predicted molar refractivity (Wildman–Crippen MR) is 117 cm³/mol. The maximum atomic E-state index is 12.4. The number of carbonyl (C=O) groups is 1. The number of anilines is 1. The van der Waals surface area contributed by atoms with Crippen molar-refractivity contribution in [2.24, 2.45) is 0 Å². The molecule has 2 amide bonds. The summed E-state index contributed by atoms with van der Waals surface area (Å²) in [5.74, 6) is 0. The van der Waals surface area contributed by atoms with Gasteiger partial charge < -0.3 is 10.6 Å². The zero-order chi connectivity index (χ0) is 20.2. The van der Waals surface area contributed by atoms with Gasteiger partial charge in [-0.15, -0.1) is 0 Å². The maximum absolute atomic E-state index is 12.4. The van der Waals surface area contributed by atoms with Crippen LogP contribution in [0.2, 0.25) is 0 Å². The summed E-state index contributed by atoms with van der Waals surface area (Å²) in [6.07, 6.45) is 1.80. The first-order valence-electron chi connectivity index (χ1n) is 9.55. The molecule has 4 aromatic rings. The predicted octanol–water partition coefficient (Wildman–Crippen LogP) is 5.49. The van der Waals surface area contributed by atoms with E-state index in [-0.39, 0.29) is 12.1 Å². The fourth-order valence-electron chi connectivity index (χ4n) is 3.23. The molecule has 2 aromatic heterocycles. The Kier molecular flexibility index (Phi) is 5.20. The number of aryl methyl sites for hydroxylation is 1. The van der Waals surface area contributed by atoms with Crippen LogP contribution in [0.4, 0.5) is 10.5 Å². The SMILES string of the molecule is Cc1cc(-c2ccc(NC(=O)N[C@@H](C)c3ccc4ccccc4n3)cc2)ccn1. The quantitative estimate of drug-likeness (QED) is 0.490. The summed E-state index contributed by atoms with van der Waals surface area (Å²) in [5, 5.41) is 6.90. The molecule has 0 aliphatic carbocycles. The van der Waals surface area contributed by atoms with Crippen LogP contribution in [0.25, 0.3) is 22.0 Å². The van der Waals surface area contributed by atoms with Gasteiger partial charge in [0.1, 0.15) is 0 Å². The Morgan fingerprint density at radius 2 is 1.72 bits per heavy atom. The summed E-state index contributed by atoms with van der Waals surface area (Å²) in [6, 6.07) is 23.2. The van der Waals surface area contributed by atoms with Gasteiger partial charge in [-0.2, -0.15) is 0 Å². The Morgan fingerprint density at radius 1 is 0.931 bits per heavy atom. The van der Waals surface area contributed by atoms with Gasteiger partial charge in [-0.3, -0.25) is 9.97 Å². The molecule has 0 spiro atoms. The summed E-state index contributed by atoms with van der Waals surface area (Å²) >= 11 is 0. The number of rotatable bonds is 4. The molecule has 5 nitrogen and oxygen atoms in total. The molecule has 0 bridgehead atoms. The number of aromatic nitrogens is 2. The van der Waals surface area contributed by atoms with E-state index < -0.39 is 0 Å². The number of para-hydroxylation sites is 1. The molecule has 0 saturated carbocycles. The van der Waals surface area contributed by atoms with Crippen molar-refractivity contribution in [2.75, 3.05) is 5.32 Å². The number of urea groups is 1. The Bertz CT molecular complexity index is 1150. The van der Waals surface area contributed by atoms with Gasteiger partial charge in [0.05, 0.1) is 17.3 Å². The van der Waals surface area contributed by atoms with E-state index in [9.17, 15) is 4.79 Å². The van der Waals surface area contributed by atoms with Crippen LogP contribution in [0.5, 0.6) is 0 Å². The third-order valence-corrected chi connectivity index (χ3v) is 4.78. The average Bonchev–Trinajstić information content (AvgIpc) is 2.74. The highest BCUT2D eigenvalue weighted by atomic mass is 16.2. The second-order valence-corrected chi connectivity index (χ2v) is 7.01.